The van der Waals surface area contributed by atoms with Crippen LogP contribution in [0.3, 0.4) is 0 Å². The quantitative estimate of drug-likeness (QED) is 0.453. The first-order valence-electron chi connectivity index (χ1n) is 8.85. The average Bonchev–Trinajstić information content (AvgIpc) is 2.73. The largest absolute Gasteiger partial charge is 0.416 e. The fourth-order valence-corrected chi connectivity index (χ4v) is 3.17. The Balaban J connectivity index is 1.68. The van der Waals surface area contributed by atoms with E-state index in [0.717, 1.165) is 17.5 Å². The number of rotatable bonds is 3. The molecule has 1 aromatic heterocycles. The van der Waals surface area contributed by atoms with Gasteiger partial charge in [0.05, 0.1) is 16.8 Å². The molecule has 4 aromatic rings. The Morgan fingerprint density at radius 3 is 2.31 bits per heavy atom. The minimum atomic E-state index is -4.41. The van der Waals surface area contributed by atoms with Gasteiger partial charge in [-0.25, -0.2) is 0 Å². The van der Waals surface area contributed by atoms with Gasteiger partial charge in [-0.05, 0) is 41.5 Å². The summed E-state index contributed by atoms with van der Waals surface area (Å²) in [6.45, 7) is 0. The van der Waals surface area contributed by atoms with Gasteiger partial charge in [0.15, 0.2) is 0 Å². The normalized spacial score (nSPS) is 11.4. The third-order valence-corrected chi connectivity index (χ3v) is 4.58. The minimum absolute atomic E-state index is 0.361. The number of aromatic nitrogens is 1. The van der Waals surface area contributed by atoms with Gasteiger partial charge in [0, 0.05) is 17.1 Å². The van der Waals surface area contributed by atoms with Crippen molar-refractivity contribution in [2.24, 2.45) is 0 Å². The highest BCUT2D eigenvalue weighted by molar-refractivity contribution is 6.11. The van der Waals surface area contributed by atoms with E-state index in [9.17, 15) is 18.0 Å². The topological polar surface area (TPSA) is 42.0 Å². The first kappa shape index (κ1) is 18.7. The van der Waals surface area contributed by atoms with E-state index in [1.807, 2.05) is 24.3 Å². The van der Waals surface area contributed by atoms with E-state index in [1.165, 1.54) is 12.1 Å². The molecule has 0 unspecified atom stereocenters. The number of carbonyl (C=O) groups is 1. The van der Waals surface area contributed by atoms with Crippen LogP contribution in [0.4, 0.5) is 18.9 Å². The maximum absolute atomic E-state index is 13.0. The van der Waals surface area contributed by atoms with E-state index in [4.69, 9.17) is 0 Å². The van der Waals surface area contributed by atoms with Crippen LogP contribution in [0, 0.1) is 0 Å². The molecule has 3 aromatic carbocycles. The van der Waals surface area contributed by atoms with Crippen molar-refractivity contribution in [2.75, 3.05) is 5.32 Å². The first-order chi connectivity index (χ1) is 13.9. The van der Waals surface area contributed by atoms with Crippen LogP contribution >= 0.6 is 0 Å². The minimum Gasteiger partial charge on any atom is -0.320 e. The van der Waals surface area contributed by atoms with Gasteiger partial charge in [0.2, 0.25) is 0 Å². The molecule has 0 fully saturated rings. The van der Waals surface area contributed by atoms with E-state index >= 15 is 0 Å². The summed E-state index contributed by atoms with van der Waals surface area (Å²) in [5.41, 5.74) is 1.93. The Bertz CT molecular complexity index is 1180. The van der Waals surface area contributed by atoms with Crippen molar-refractivity contribution >= 4 is 22.5 Å². The number of carbonyl (C=O) groups excluding carboxylic acids is 1. The van der Waals surface area contributed by atoms with E-state index in [-0.39, 0.29) is 5.91 Å². The molecule has 0 aliphatic carbocycles. The highest BCUT2D eigenvalue weighted by Gasteiger charge is 2.30. The molecular weight excluding hydrogens is 377 g/mol. The molecule has 0 saturated carbocycles. The van der Waals surface area contributed by atoms with Crippen LogP contribution in [-0.2, 0) is 6.18 Å². The molecule has 0 bridgehead atoms. The Morgan fingerprint density at radius 1 is 0.828 bits per heavy atom. The molecule has 0 radical (unpaired) electrons. The molecule has 0 aliphatic heterocycles. The SMILES string of the molecule is O=C(Nc1cccc2cccnc12)c1ccccc1-c1ccc(C(F)(F)F)cc1. The summed E-state index contributed by atoms with van der Waals surface area (Å²) in [6, 6.07) is 20.7. The number of halogens is 3. The number of pyridine rings is 1. The number of hydrogen-bond donors (Lipinski definition) is 1. The zero-order valence-electron chi connectivity index (χ0n) is 15.1. The fourth-order valence-electron chi connectivity index (χ4n) is 3.17. The lowest BCUT2D eigenvalue weighted by molar-refractivity contribution is -0.137. The maximum atomic E-state index is 13.0. The molecule has 1 N–H and O–H groups in total. The van der Waals surface area contributed by atoms with Crippen LogP contribution in [0.15, 0.2) is 85.1 Å². The van der Waals surface area contributed by atoms with E-state index < -0.39 is 11.7 Å². The summed E-state index contributed by atoms with van der Waals surface area (Å²) in [7, 11) is 0. The number of nitrogens with one attached hydrogen (secondary N) is 1. The number of anilines is 1. The second kappa shape index (κ2) is 7.39. The van der Waals surface area contributed by atoms with Crippen molar-refractivity contribution in [1.29, 1.82) is 0 Å². The second-order valence-electron chi connectivity index (χ2n) is 6.46. The molecular formula is C23H15F3N2O. The summed E-state index contributed by atoms with van der Waals surface area (Å²) in [4.78, 5) is 17.3. The Morgan fingerprint density at radius 2 is 1.55 bits per heavy atom. The smallest absolute Gasteiger partial charge is 0.320 e. The van der Waals surface area contributed by atoms with Crippen molar-refractivity contribution in [1.82, 2.24) is 4.98 Å². The third kappa shape index (κ3) is 3.82. The van der Waals surface area contributed by atoms with Crippen LogP contribution in [0.2, 0.25) is 0 Å². The van der Waals surface area contributed by atoms with Crippen LogP contribution in [-0.4, -0.2) is 10.9 Å². The zero-order valence-corrected chi connectivity index (χ0v) is 15.1. The molecule has 0 aliphatic rings. The molecule has 0 atom stereocenters. The standard InChI is InChI=1S/C23H15F3N2O/c24-23(25,26)17-12-10-15(11-13-17)18-7-1-2-8-19(18)22(29)28-20-9-3-5-16-6-4-14-27-21(16)20/h1-14H,(H,28,29). The number of alkyl halides is 3. The van der Waals surface area contributed by atoms with E-state index in [2.05, 4.69) is 10.3 Å². The number of fused-ring (bicyclic) bond motifs is 1. The summed E-state index contributed by atoms with van der Waals surface area (Å²) in [5, 5.41) is 3.76. The van der Waals surface area contributed by atoms with Crippen LogP contribution in [0.1, 0.15) is 15.9 Å². The summed E-state index contributed by atoms with van der Waals surface area (Å²) < 4.78 is 38.5. The Kier molecular flexibility index (Phi) is 4.76. The van der Waals surface area contributed by atoms with Gasteiger partial charge < -0.3 is 5.32 Å². The predicted octanol–water partition coefficient (Wildman–Crippen LogP) is 6.17. The third-order valence-electron chi connectivity index (χ3n) is 4.58. The Labute approximate surface area is 164 Å². The van der Waals surface area contributed by atoms with Gasteiger partial charge in [-0.1, -0.05) is 48.5 Å². The van der Waals surface area contributed by atoms with Crippen LogP contribution < -0.4 is 5.32 Å². The number of amides is 1. The number of para-hydroxylation sites is 1. The van der Waals surface area contributed by atoms with Gasteiger partial charge >= 0.3 is 6.18 Å². The van der Waals surface area contributed by atoms with Crippen molar-refractivity contribution in [3.63, 3.8) is 0 Å². The molecule has 1 amide bonds. The highest BCUT2D eigenvalue weighted by Crippen LogP contribution is 2.32. The molecule has 6 heteroatoms. The zero-order chi connectivity index (χ0) is 20.4. The summed E-state index contributed by atoms with van der Waals surface area (Å²) in [6.07, 6.45) is -2.76. The maximum Gasteiger partial charge on any atom is 0.416 e. The summed E-state index contributed by atoms with van der Waals surface area (Å²) >= 11 is 0. The highest BCUT2D eigenvalue weighted by atomic mass is 19.4. The first-order valence-corrected chi connectivity index (χ1v) is 8.85. The number of nitrogens with zero attached hydrogens (tertiary/aromatic N) is 1. The molecule has 3 nitrogen and oxygen atoms in total. The van der Waals surface area contributed by atoms with Crippen molar-refractivity contribution < 1.29 is 18.0 Å². The average molecular weight is 392 g/mol. The van der Waals surface area contributed by atoms with Crippen molar-refractivity contribution in [3.8, 4) is 11.1 Å². The Hall–Kier alpha value is -3.67. The lowest BCUT2D eigenvalue weighted by Crippen LogP contribution is -2.13. The lowest BCUT2D eigenvalue weighted by Gasteiger charge is -2.13. The molecule has 1 heterocycles. The number of benzene rings is 3. The predicted molar refractivity (Wildman–Crippen MR) is 107 cm³/mol. The summed E-state index contributed by atoms with van der Waals surface area (Å²) in [5.74, 6) is -0.362. The molecule has 4 rings (SSSR count). The van der Waals surface area contributed by atoms with Gasteiger partial charge in [-0.2, -0.15) is 13.2 Å². The van der Waals surface area contributed by atoms with E-state index in [0.29, 0.717) is 27.9 Å². The molecule has 29 heavy (non-hydrogen) atoms. The lowest BCUT2D eigenvalue weighted by atomic mass is 9.98. The monoisotopic (exact) mass is 392 g/mol. The molecule has 0 saturated heterocycles. The molecule has 144 valence electrons. The van der Waals surface area contributed by atoms with E-state index in [1.54, 1.807) is 36.5 Å². The molecule has 0 spiro atoms. The van der Waals surface area contributed by atoms with Crippen molar-refractivity contribution in [3.05, 3.63) is 96.2 Å². The fraction of sp³-hybridized carbons (Fsp3) is 0.0435. The van der Waals surface area contributed by atoms with Crippen LogP contribution in [0.25, 0.3) is 22.0 Å². The second-order valence-corrected chi connectivity index (χ2v) is 6.46. The van der Waals surface area contributed by atoms with Gasteiger partial charge in [-0.3, -0.25) is 9.78 Å². The van der Waals surface area contributed by atoms with Gasteiger partial charge in [0.1, 0.15) is 0 Å². The number of hydrogen-bond acceptors (Lipinski definition) is 2. The van der Waals surface area contributed by atoms with Crippen molar-refractivity contribution in [2.45, 2.75) is 6.18 Å². The van der Waals surface area contributed by atoms with Crippen LogP contribution in [0.5, 0.6) is 0 Å². The van der Waals surface area contributed by atoms with Gasteiger partial charge in [0.25, 0.3) is 5.91 Å². The van der Waals surface area contributed by atoms with Gasteiger partial charge in [-0.15, -0.1) is 0 Å².